The second-order valence-corrected chi connectivity index (χ2v) is 13.0. The minimum atomic E-state index is -0.771. The van der Waals surface area contributed by atoms with Crippen molar-refractivity contribution in [2.75, 3.05) is 6.61 Å². The smallest absolute Gasteiger partial charge is 0.465 e. The fourth-order valence-electron chi connectivity index (χ4n) is 5.79. The quantitative estimate of drug-likeness (QED) is 0.0269. The van der Waals surface area contributed by atoms with Crippen molar-refractivity contribution in [2.45, 2.75) is 181 Å². The second-order valence-electron chi connectivity index (χ2n) is 13.0. The monoisotopic (exact) mass is 647 g/mol. The molecule has 0 saturated carbocycles. The molecule has 0 aliphatic carbocycles. The molecule has 0 aromatic heterocycles. The standard InChI is InChI=1S/C38H65NO7/c1-4-7-10-12-15-20-24-33(23-19-11-8-5-2)32-44-37(40)27-22-17-14-13-16-21-26-35(25-18-9-6-3)45-38(41)46-36-30-28-34(29-31-36)39(42)43/h28-31,33,35H,4-27,32H2,1-3H3. The molecule has 0 amide bonds. The molecule has 46 heavy (non-hydrogen) atoms. The predicted molar refractivity (Wildman–Crippen MR) is 186 cm³/mol. The van der Waals surface area contributed by atoms with Gasteiger partial charge in [0, 0.05) is 18.6 Å². The molecule has 0 N–H and O–H groups in total. The molecule has 0 aliphatic rings. The Morgan fingerprint density at radius 2 is 1.11 bits per heavy atom. The highest BCUT2D eigenvalue weighted by Gasteiger charge is 2.17. The number of hydrogen-bond donors (Lipinski definition) is 0. The zero-order valence-electron chi connectivity index (χ0n) is 29.4. The van der Waals surface area contributed by atoms with E-state index in [0.717, 1.165) is 70.6 Å². The maximum absolute atomic E-state index is 12.4. The molecule has 2 atom stereocenters. The molecule has 264 valence electrons. The van der Waals surface area contributed by atoms with Gasteiger partial charge < -0.3 is 14.2 Å². The normalized spacial score (nSPS) is 12.4. The maximum Gasteiger partial charge on any atom is 0.514 e. The molecule has 1 aromatic rings. The van der Waals surface area contributed by atoms with E-state index in [9.17, 15) is 19.7 Å². The highest BCUT2D eigenvalue weighted by molar-refractivity contribution is 5.69. The first-order valence-electron chi connectivity index (χ1n) is 18.7. The van der Waals surface area contributed by atoms with E-state index in [0.29, 0.717) is 18.9 Å². The molecule has 2 unspecified atom stereocenters. The first-order chi connectivity index (χ1) is 22.4. The van der Waals surface area contributed by atoms with Crippen LogP contribution in [0.25, 0.3) is 0 Å². The number of nitro groups is 1. The van der Waals surface area contributed by atoms with Crippen LogP contribution in [0.4, 0.5) is 10.5 Å². The van der Waals surface area contributed by atoms with Gasteiger partial charge in [0.2, 0.25) is 0 Å². The number of esters is 1. The molecular formula is C38H65NO7. The third-order valence-electron chi connectivity index (χ3n) is 8.71. The van der Waals surface area contributed by atoms with Gasteiger partial charge in [-0.25, -0.2) is 4.79 Å². The lowest BCUT2D eigenvalue weighted by molar-refractivity contribution is -0.384. The Labute approximate surface area is 279 Å². The maximum atomic E-state index is 12.4. The fraction of sp³-hybridized carbons (Fsp3) is 0.789. The molecule has 0 saturated heterocycles. The Hall–Kier alpha value is -2.64. The summed E-state index contributed by atoms with van der Waals surface area (Å²) in [6.45, 7) is 7.22. The third-order valence-corrected chi connectivity index (χ3v) is 8.71. The Bertz CT molecular complexity index is 905. The first-order valence-corrected chi connectivity index (χ1v) is 18.7. The van der Waals surface area contributed by atoms with E-state index in [2.05, 4.69) is 20.8 Å². The Balaban J connectivity index is 2.26. The number of benzene rings is 1. The van der Waals surface area contributed by atoms with E-state index in [-0.39, 0.29) is 23.5 Å². The molecule has 0 fully saturated rings. The summed E-state index contributed by atoms with van der Waals surface area (Å²) in [5.74, 6) is 0.683. The summed E-state index contributed by atoms with van der Waals surface area (Å²) in [6, 6.07) is 5.39. The minimum absolute atomic E-state index is 0.0471. The molecule has 8 nitrogen and oxygen atoms in total. The van der Waals surface area contributed by atoms with Crippen LogP contribution < -0.4 is 4.74 Å². The number of carbonyl (C=O) groups excluding carboxylic acids is 2. The Morgan fingerprint density at radius 1 is 0.652 bits per heavy atom. The lowest BCUT2D eigenvalue weighted by atomic mass is 9.95. The summed E-state index contributed by atoms with van der Waals surface area (Å²) in [7, 11) is 0. The van der Waals surface area contributed by atoms with Gasteiger partial charge in [0.25, 0.3) is 5.69 Å². The molecule has 0 heterocycles. The van der Waals surface area contributed by atoms with Gasteiger partial charge in [-0.2, -0.15) is 0 Å². The van der Waals surface area contributed by atoms with Gasteiger partial charge in [0.15, 0.2) is 0 Å². The van der Waals surface area contributed by atoms with Crippen LogP contribution in [0, 0.1) is 16.0 Å². The number of nitrogens with zero attached hydrogens (tertiary/aromatic N) is 1. The van der Waals surface area contributed by atoms with E-state index in [1.54, 1.807) is 0 Å². The number of hydrogen-bond acceptors (Lipinski definition) is 7. The van der Waals surface area contributed by atoms with Crippen LogP contribution >= 0.6 is 0 Å². The van der Waals surface area contributed by atoms with Crippen LogP contribution in [0.15, 0.2) is 24.3 Å². The number of nitro benzene ring substituents is 1. The average Bonchev–Trinajstić information content (AvgIpc) is 3.04. The number of non-ortho nitro benzene ring substituents is 1. The van der Waals surface area contributed by atoms with Crippen LogP contribution in [0.2, 0.25) is 0 Å². The number of ether oxygens (including phenoxy) is 3. The van der Waals surface area contributed by atoms with Crippen LogP contribution in [0.3, 0.4) is 0 Å². The SMILES string of the molecule is CCCCCCCCC(CCCCCC)COC(=O)CCCCCCCCC(CCCCC)OC(=O)Oc1ccc([N+](=O)[O-])cc1. The van der Waals surface area contributed by atoms with Gasteiger partial charge in [-0.1, -0.05) is 124 Å². The molecule has 0 bridgehead atoms. The van der Waals surface area contributed by atoms with E-state index in [1.165, 1.54) is 101 Å². The lowest BCUT2D eigenvalue weighted by Crippen LogP contribution is -2.21. The minimum Gasteiger partial charge on any atom is -0.465 e. The number of carbonyl (C=O) groups is 2. The number of unbranched alkanes of at least 4 members (excludes halogenated alkanes) is 15. The fourth-order valence-corrected chi connectivity index (χ4v) is 5.79. The van der Waals surface area contributed by atoms with Gasteiger partial charge in [-0.05, 0) is 63.0 Å². The van der Waals surface area contributed by atoms with E-state index >= 15 is 0 Å². The highest BCUT2D eigenvalue weighted by atomic mass is 16.7. The first kappa shape index (κ1) is 41.4. The van der Waals surface area contributed by atoms with Crippen molar-refractivity contribution in [1.29, 1.82) is 0 Å². The summed E-state index contributed by atoms with van der Waals surface area (Å²) in [5.41, 5.74) is -0.0613. The molecular weight excluding hydrogens is 582 g/mol. The second kappa shape index (κ2) is 28.6. The summed E-state index contributed by atoms with van der Waals surface area (Å²) in [5, 5.41) is 10.8. The average molecular weight is 648 g/mol. The van der Waals surface area contributed by atoms with Crippen molar-refractivity contribution in [3.8, 4) is 5.75 Å². The Kier molecular flexibility index (Phi) is 25.7. The van der Waals surface area contributed by atoms with Gasteiger partial charge >= 0.3 is 12.1 Å². The molecule has 1 aromatic carbocycles. The lowest BCUT2D eigenvalue weighted by Gasteiger charge is -2.17. The summed E-state index contributed by atoms with van der Waals surface area (Å²) in [4.78, 5) is 35.1. The van der Waals surface area contributed by atoms with Gasteiger partial charge in [0.05, 0.1) is 11.5 Å². The van der Waals surface area contributed by atoms with Crippen LogP contribution in [-0.4, -0.2) is 29.8 Å². The molecule has 0 spiro atoms. The molecule has 8 heteroatoms. The van der Waals surface area contributed by atoms with Crippen LogP contribution in [-0.2, 0) is 14.3 Å². The summed E-state index contributed by atoms with van der Waals surface area (Å²) in [6.07, 6.45) is 25.5. The summed E-state index contributed by atoms with van der Waals surface area (Å²) >= 11 is 0. The van der Waals surface area contributed by atoms with E-state index in [1.807, 2.05) is 0 Å². The van der Waals surface area contributed by atoms with E-state index < -0.39 is 11.1 Å². The zero-order valence-corrected chi connectivity index (χ0v) is 29.4. The number of rotatable bonds is 30. The molecule has 1 rings (SSSR count). The van der Waals surface area contributed by atoms with Crippen molar-refractivity contribution in [1.82, 2.24) is 0 Å². The summed E-state index contributed by atoms with van der Waals surface area (Å²) < 4.78 is 16.6. The van der Waals surface area contributed by atoms with Gasteiger partial charge in [-0.15, -0.1) is 0 Å². The van der Waals surface area contributed by atoms with Gasteiger partial charge in [-0.3, -0.25) is 14.9 Å². The van der Waals surface area contributed by atoms with E-state index in [4.69, 9.17) is 14.2 Å². The van der Waals surface area contributed by atoms with Crippen molar-refractivity contribution in [3.63, 3.8) is 0 Å². The van der Waals surface area contributed by atoms with Crippen molar-refractivity contribution < 1.29 is 28.7 Å². The zero-order chi connectivity index (χ0) is 33.7. The largest absolute Gasteiger partial charge is 0.514 e. The molecule has 0 aliphatic heterocycles. The molecule has 0 radical (unpaired) electrons. The predicted octanol–water partition coefficient (Wildman–Crippen LogP) is 12.1. The van der Waals surface area contributed by atoms with Crippen LogP contribution in [0.1, 0.15) is 175 Å². The van der Waals surface area contributed by atoms with Crippen molar-refractivity contribution in [3.05, 3.63) is 34.4 Å². The van der Waals surface area contributed by atoms with Crippen LogP contribution in [0.5, 0.6) is 5.75 Å². The third kappa shape index (κ3) is 22.8. The van der Waals surface area contributed by atoms with Crippen molar-refractivity contribution in [2.24, 2.45) is 5.92 Å². The van der Waals surface area contributed by atoms with Gasteiger partial charge in [0.1, 0.15) is 11.9 Å². The van der Waals surface area contributed by atoms with Crippen molar-refractivity contribution >= 4 is 17.8 Å². The topological polar surface area (TPSA) is 105 Å². The highest BCUT2D eigenvalue weighted by Crippen LogP contribution is 2.22. The Morgan fingerprint density at radius 3 is 1.67 bits per heavy atom.